The lowest BCUT2D eigenvalue weighted by Gasteiger charge is -2.31. The van der Waals surface area contributed by atoms with Crippen LogP contribution in [0.5, 0.6) is 0 Å². The van der Waals surface area contributed by atoms with E-state index in [1.807, 2.05) is 0 Å². The molecule has 0 spiro atoms. The van der Waals surface area contributed by atoms with Crippen LogP contribution in [0.15, 0.2) is 30.3 Å². The molecule has 0 radical (unpaired) electrons. The molecular formula is C13H18BNO. The van der Waals surface area contributed by atoms with Gasteiger partial charge in [0, 0.05) is 6.04 Å². The molecule has 1 aromatic rings. The van der Waals surface area contributed by atoms with Gasteiger partial charge in [-0.15, -0.1) is 0 Å². The van der Waals surface area contributed by atoms with Gasteiger partial charge in [0.2, 0.25) is 0 Å². The Labute approximate surface area is 97.7 Å². The molecule has 0 N–H and O–H groups in total. The predicted octanol–water partition coefficient (Wildman–Crippen LogP) is 2.51. The number of rotatable bonds is 1. The first-order chi connectivity index (χ1) is 7.72. The summed E-state index contributed by atoms with van der Waals surface area (Å²) in [6.45, 7) is 5.61. The maximum Gasteiger partial charge on any atom is 0.380 e. The second-order valence-electron chi connectivity index (χ2n) is 5.09. The third kappa shape index (κ3) is 1.35. The quantitative estimate of drug-likeness (QED) is 0.667. The highest BCUT2D eigenvalue weighted by molar-refractivity contribution is 6.48. The number of benzene rings is 1. The van der Waals surface area contributed by atoms with Gasteiger partial charge in [-0.25, -0.2) is 0 Å². The molecule has 84 valence electrons. The molecule has 2 aliphatic rings. The van der Waals surface area contributed by atoms with Crippen LogP contribution in [-0.4, -0.2) is 24.4 Å². The normalized spacial score (nSPS) is 34.4. The van der Waals surface area contributed by atoms with Crippen LogP contribution in [0.3, 0.4) is 0 Å². The van der Waals surface area contributed by atoms with Crippen LogP contribution >= 0.6 is 0 Å². The van der Waals surface area contributed by atoms with E-state index in [4.69, 9.17) is 4.65 Å². The van der Waals surface area contributed by atoms with Crippen molar-refractivity contribution in [1.29, 1.82) is 0 Å². The molecular weight excluding hydrogens is 197 g/mol. The molecule has 0 saturated carbocycles. The van der Waals surface area contributed by atoms with Crippen molar-refractivity contribution in [2.24, 2.45) is 0 Å². The lowest BCUT2D eigenvalue weighted by atomic mass is 9.86. The van der Waals surface area contributed by atoms with Gasteiger partial charge in [-0.05, 0) is 38.7 Å². The maximum atomic E-state index is 6.23. The van der Waals surface area contributed by atoms with Crippen molar-refractivity contribution in [3.05, 3.63) is 35.9 Å². The van der Waals surface area contributed by atoms with Crippen molar-refractivity contribution in [3.8, 4) is 0 Å². The van der Waals surface area contributed by atoms with E-state index in [0.717, 1.165) is 0 Å². The van der Waals surface area contributed by atoms with E-state index in [2.05, 4.69) is 48.9 Å². The summed E-state index contributed by atoms with van der Waals surface area (Å²) in [7, 11) is 0.262. The van der Waals surface area contributed by atoms with E-state index in [1.54, 1.807) is 0 Å². The number of hydrogen-bond donors (Lipinski definition) is 0. The van der Waals surface area contributed by atoms with Crippen LogP contribution in [0.2, 0.25) is 6.82 Å². The van der Waals surface area contributed by atoms with Crippen molar-refractivity contribution in [3.63, 3.8) is 0 Å². The van der Waals surface area contributed by atoms with Crippen LogP contribution < -0.4 is 0 Å². The van der Waals surface area contributed by atoms with E-state index in [1.165, 1.54) is 24.9 Å². The Kier molecular flexibility index (Phi) is 2.34. The molecule has 0 aromatic heterocycles. The van der Waals surface area contributed by atoms with E-state index >= 15 is 0 Å². The molecule has 2 saturated heterocycles. The molecule has 2 nitrogen and oxygen atoms in total. The zero-order chi connectivity index (χ0) is 11.2. The molecule has 0 bridgehead atoms. The van der Waals surface area contributed by atoms with Crippen LogP contribution in [0.25, 0.3) is 0 Å². The zero-order valence-electron chi connectivity index (χ0n) is 10.0. The van der Waals surface area contributed by atoms with Crippen molar-refractivity contribution in [2.45, 2.75) is 38.2 Å². The van der Waals surface area contributed by atoms with Gasteiger partial charge < -0.3 is 9.47 Å². The number of fused-ring (bicyclic) bond motifs is 1. The lowest BCUT2D eigenvalue weighted by Crippen LogP contribution is -2.38. The molecule has 2 aliphatic heterocycles. The molecule has 2 atom stereocenters. The standard InChI is InChI=1S/C13H18BNO/c1-13(11-7-4-3-5-8-11)12-9-6-10-15(12)14(2)16-13/h3-5,7-8,12H,6,9-10H2,1-2H3/t12-,13?/m0/s1. The van der Waals surface area contributed by atoms with Gasteiger partial charge in [-0.3, -0.25) is 0 Å². The summed E-state index contributed by atoms with van der Waals surface area (Å²) in [6.07, 6.45) is 2.57. The van der Waals surface area contributed by atoms with Crippen molar-refractivity contribution < 1.29 is 4.65 Å². The Balaban J connectivity index is 1.99. The molecule has 1 unspecified atom stereocenters. The van der Waals surface area contributed by atoms with Gasteiger partial charge >= 0.3 is 7.05 Å². The summed E-state index contributed by atoms with van der Waals surface area (Å²) in [5.74, 6) is 0. The van der Waals surface area contributed by atoms with Crippen LogP contribution in [0.1, 0.15) is 25.3 Å². The molecule has 16 heavy (non-hydrogen) atoms. The van der Waals surface area contributed by atoms with Gasteiger partial charge in [-0.2, -0.15) is 0 Å². The van der Waals surface area contributed by atoms with E-state index in [0.29, 0.717) is 6.04 Å². The fourth-order valence-corrected chi connectivity index (χ4v) is 3.35. The third-order valence-electron chi connectivity index (χ3n) is 4.16. The SMILES string of the molecule is CB1OC(C)(c2ccccc2)[C@@H]2CCCN12. The Morgan fingerprint density at radius 3 is 2.88 bits per heavy atom. The van der Waals surface area contributed by atoms with Gasteiger partial charge in [0.15, 0.2) is 0 Å². The third-order valence-corrected chi connectivity index (χ3v) is 4.16. The molecule has 0 amide bonds. The minimum Gasteiger partial charge on any atom is -0.410 e. The second-order valence-corrected chi connectivity index (χ2v) is 5.09. The Morgan fingerprint density at radius 1 is 1.38 bits per heavy atom. The van der Waals surface area contributed by atoms with E-state index in [-0.39, 0.29) is 12.7 Å². The molecule has 1 aromatic carbocycles. The maximum absolute atomic E-state index is 6.23. The molecule has 2 fully saturated rings. The minimum atomic E-state index is -0.114. The fourth-order valence-electron chi connectivity index (χ4n) is 3.35. The first kappa shape index (κ1) is 10.4. The van der Waals surface area contributed by atoms with E-state index in [9.17, 15) is 0 Å². The Bertz CT molecular complexity index is 383. The highest BCUT2D eigenvalue weighted by Crippen LogP contribution is 2.43. The second kappa shape index (κ2) is 3.61. The first-order valence-corrected chi connectivity index (χ1v) is 6.21. The topological polar surface area (TPSA) is 12.5 Å². The highest BCUT2D eigenvalue weighted by atomic mass is 16.5. The number of hydrogen-bond acceptors (Lipinski definition) is 2. The summed E-state index contributed by atoms with van der Waals surface area (Å²) >= 11 is 0. The summed E-state index contributed by atoms with van der Waals surface area (Å²) in [5.41, 5.74) is 1.20. The molecule has 0 aliphatic carbocycles. The summed E-state index contributed by atoms with van der Waals surface area (Å²) < 4.78 is 6.23. The Morgan fingerprint density at radius 2 is 2.12 bits per heavy atom. The average molecular weight is 215 g/mol. The van der Waals surface area contributed by atoms with Gasteiger partial charge in [0.25, 0.3) is 0 Å². The molecule has 2 heterocycles. The lowest BCUT2D eigenvalue weighted by molar-refractivity contribution is 0.0813. The molecule has 3 heteroatoms. The predicted molar refractivity (Wildman–Crippen MR) is 66.2 cm³/mol. The largest absolute Gasteiger partial charge is 0.410 e. The van der Waals surface area contributed by atoms with Crippen molar-refractivity contribution in [1.82, 2.24) is 4.81 Å². The highest BCUT2D eigenvalue weighted by Gasteiger charge is 2.52. The smallest absolute Gasteiger partial charge is 0.380 e. The Hall–Kier alpha value is -0.795. The van der Waals surface area contributed by atoms with Gasteiger partial charge in [0.05, 0.1) is 5.60 Å². The van der Waals surface area contributed by atoms with Crippen molar-refractivity contribution >= 4 is 7.05 Å². The minimum absolute atomic E-state index is 0.114. The first-order valence-electron chi connectivity index (χ1n) is 6.21. The van der Waals surface area contributed by atoms with Crippen LogP contribution in [0.4, 0.5) is 0 Å². The number of nitrogens with zero attached hydrogens (tertiary/aromatic N) is 1. The summed E-state index contributed by atoms with van der Waals surface area (Å²) in [5, 5.41) is 0. The monoisotopic (exact) mass is 215 g/mol. The van der Waals surface area contributed by atoms with Gasteiger partial charge in [-0.1, -0.05) is 30.3 Å². The van der Waals surface area contributed by atoms with Crippen LogP contribution in [-0.2, 0) is 10.3 Å². The van der Waals surface area contributed by atoms with Gasteiger partial charge in [0.1, 0.15) is 0 Å². The van der Waals surface area contributed by atoms with Crippen LogP contribution in [0, 0.1) is 0 Å². The molecule has 3 rings (SSSR count). The van der Waals surface area contributed by atoms with E-state index < -0.39 is 0 Å². The average Bonchev–Trinajstić information content (AvgIpc) is 2.86. The zero-order valence-corrected chi connectivity index (χ0v) is 10.0. The summed E-state index contributed by atoms with van der Waals surface area (Å²) in [6, 6.07) is 11.2. The fraction of sp³-hybridized carbons (Fsp3) is 0.538. The summed E-state index contributed by atoms with van der Waals surface area (Å²) in [4.78, 5) is 2.51. The van der Waals surface area contributed by atoms with Crippen molar-refractivity contribution in [2.75, 3.05) is 6.54 Å².